The lowest BCUT2D eigenvalue weighted by molar-refractivity contribution is 0.307. The van der Waals surface area contributed by atoms with Gasteiger partial charge in [0.2, 0.25) is 0 Å². The predicted octanol–water partition coefficient (Wildman–Crippen LogP) is 2.59. The highest BCUT2D eigenvalue weighted by Gasteiger charge is 2.37. The molecule has 5 rings (SSSR count). The summed E-state index contributed by atoms with van der Waals surface area (Å²) in [5, 5.41) is 4.31. The van der Waals surface area contributed by atoms with Crippen LogP contribution in [0, 0.1) is 11.8 Å². The minimum Gasteiger partial charge on any atom is -0.328 e. The van der Waals surface area contributed by atoms with Crippen LogP contribution >= 0.6 is 0 Å². The minimum atomic E-state index is 0.723. The van der Waals surface area contributed by atoms with Gasteiger partial charge in [0.15, 0.2) is 0 Å². The second-order valence-electron chi connectivity index (χ2n) is 7.48. The van der Waals surface area contributed by atoms with Gasteiger partial charge in [0, 0.05) is 51.4 Å². The summed E-state index contributed by atoms with van der Waals surface area (Å²) in [7, 11) is 1.96. The zero-order chi connectivity index (χ0) is 16.8. The first-order valence-corrected chi connectivity index (χ1v) is 9.06. The molecule has 0 unspecified atom stereocenters. The van der Waals surface area contributed by atoms with E-state index in [-0.39, 0.29) is 0 Å². The number of imidazole rings is 1. The van der Waals surface area contributed by atoms with E-state index in [0.717, 1.165) is 31.3 Å². The van der Waals surface area contributed by atoms with Crippen molar-refractivity contribution in [1.82, 2.24) is 24.2 Å². The van der Waals surface area contributed by atoms with Crippen LogP contribution in [0.4, 0.5) is 0 Å². The molecule has 0 saturated carbocycles. The lowest BCUT2D eigenvalue weighted by Gasteiger charge is -2.26. The van der Waals surface area contributed by atoms with Crippen molar-refractivity contribution in [1.29, 1.82) is 0 Å². The molecular weight excluding hydrogens is 310 g/mol. The molecule has 1 fully saturated rings. The highest BCUT2D eigenvalue weighted by Crippen LogP contribution is 2.35. The molecule has 0 N–H and O–H groups in total. The van der Waals surface area contributed by atoms with Crippen molar-refractivity contribution >= 4 is 0 Å². The van der Waals surface area contributed by atoms with E-state index in [9.17, 15) is 0 Å². The Balaban J connectivity index is 1.35. The van der Waals surface area contributed by atoms with Crippen molar-refractivity contribution in [2.24, 2.45) is 18.9 Å². The fraction of sp³-hybridized carbons (Fsp3) is 0.400. The van der Waals surface area contributed by atoms with Crippen molar-refractivity contribution in [3.63, 3.8) is 0 Å². The molecule has 3 aromatic rings. The van der Waals surface area contributed by atoms with E-state index in [1.165, 1.54) is 35.7 Å². The van der Waals surface area contributed by atoms with Crippen molar-refractivity contribution in [2.45, 2.75) is 19.5 Å². The average Bonchev–Trinajstić information content (AvgIpc) is 3.31. The van der Waals surface area contributed by atoms with Crippen molar-refractivity contribution in [2.75, 3.05) is 13.1 Å². The van der Waals surface area contributed by atoms with Crippen LogP contribution in [0.2, 0.25) is 0 Å². The standard InChI is InChI=1S/C20H23N5/c1-23-11-17(8-22-23)19-9-21-20-7-16-12-24(13-18(16)14-25(19)20)10-15-5-3-2-4-6-15/h2-6,8-9,11,16,18H,7,10,12-14H2,1H3/t16-,18+/m0/s1. The number of aryl methyl sites for hydroxylation is 1. The third kappa shape index (κ3) is 2.68. The number of nitrogens with zero attached hydrogens (tertiary/aromatic N) is 5. The lowest BCUT2D eigenvalue weighted by Crippen LogP contribution is -2.28. The van der Waals surface area contributed by atoms with Crippen LogP contribution in [0.5, 0.6) is 0 Å². The largest absolute Gasteiger partial charge is 0.328 e. The maximum atomic E-state index is 4.72. The molecule has 5 heteroatoms. The molecule has 2 aromatic heterocycles. The highest BCUT2D eigenvalue weighted by atomic mass is 15.2. The Hall–Kier alpha value is -2.40. The Morgan fingerprint density at radius 1 is 1.04 bits per heavy atom. The third-order valence-electron chi connectivity index (χ3n) is 5.70. The van der Waals surface area contributed by atoms with Crippen LogP contribution in [-0.4, -0.2) is 37.3 Å². The van der Waals surface area contributed by atoms with Crippen LogP contribution in [0.3, 0.4) is 0 Å². The monoisotopic (exact) mass is 333 g/mol. The van der Waals surface area contributed by atoms with Gasteiger partial charge in [0.1, 0.15) is 5.82 Å². The minimum absolute atomic E-state index is 0.723. The summed E-state index contributed by atoms with van der Waals surface area (Å²) >= 11 is 0. The molecule has 5 nitrogen and oxygen atoms in total. The number of rotatable bonds is 3. The van der Waals surface area contributed by atoms with E-state index in [2.05, 4.69) is 51.1 Å². The molecular formula is C20H23N5. The molecule has 0 aliphatic carbocycles. The Morgan fingerprint density at radius 3 is 2.68 bits per heavy atom. The molecule has 2 aliphatic rings. The van der Waals surface area contributed by atoms with E-state index in [4.69, 9.17) is 4.98 Å². The summed E-state index contributed by atoms with van der Waals surface area (Å²) in [5.41, 5.74) is 3.79. The Labute approximate surface area is 147 Å². The summed E-state index contributed by atoms with van der Waals surface area (Å²) in [5.74, 6) is 2.70. The van der Waals surface area contributed by atoms with Crippen LogP contribution < -0.4 is 0 Å². The van der Waals surface area contributed by atoms with Gasteiger partial charge < -0.3 is 4.57 Å². The van der Waals surface area contributed by atoms with Crippen LogP contribution in [0.1, 0.15) is 11.4 Å². The van der Waals surface area contributed by atoms with Crippen LogP contribution in [-0.2, 0) is 26.6 Å². The molecule has 0 amide bonds. The molecule has 25 heavy (non-hydrogen) atoms. The van der Waals surface area contributed by atoms with E-state index in [1.54, 1.807) is 0 Å². The zero-order valence-electron chi connectivity index (χ0n) is 14.5. The number of benzene rings is 1. The topological polar surface area (TPSA) is 38.9 Å². The van der Waals surface area contributed by atoms with E-state index in [0.29, 0.717) is 0 Å². The average molecular weight is 333 g/mol. The predicted molar refractivity (Wildman–Crippen MR) is 96.8 cm³/mol. The number of fused-ring (bicyclic) bond motifs is 2. The van der Waals surface area contributed by atoms with Gasteiger partial charge in [-0.25, -0.2) is 4.98 Å². The number of hydrogen-bond donors (Lipinski definition) is 0. The lowest BCUT2D eigenvalue weighted by atomic mass is 9.89. The smallest absolute Gasteiger partial charge is 0.109 e. The molecule has 2 aliphatic heterocycles. The van der Waals surface area contributed by atoms with Crippen molar-refractivity contribution in [3.8, 4) is 11.3 Å². The molecule has 4 heterocycles. The van der Waals surface area contributed by atoms with Gasteiger partial charge in [-0.3, -0.25) is 9.58 Å². The fourth-order valence-corrected chi connectivity index (χ4v) is 4.48. The zero-order valence-corrected chi connectivity index (χ0v) is 14.5. The van der Waals surface area contributed by atoms with Crippen LogP contribution in [0.15, 0.2) is 48.9 Å². The first-order valence-electron chi connectivity index (χ1n) is 9.06. The van der Waals surface area contributed by atoms with E-state index < -0.39 is 0 Å². The Kier molecular flexibility index (Phi) is 3.48. The first kappa shape index (κ1) is 14.9. The molecule has 2 atom stereocenters. The quantitative estimate of drug-likeness (QED) is 0.739. The molecule has 0 radical (unpaired) electrons. The fourth-order valence-electron chi connectivity index (χ4n) is 4.48. The summed E-state index contributed by atoms with van der Waals surface area (Å²) in [4.78, 5) is 7.33. The van der Waals surface area contributed by atoms with Gasteiger partial charge in [-0.05, 0) is 17.4 Å². The number of likely N-dealkylation sites (tertiary alicyclic amines) is 1. The van der Waals surface area contributed by atoms with E-state index in [1.807, 2.05) is 24.1 Å². The summed E-state index contributed by atoms with van der Waals surface area (Å²) in [6.45, 7) is 4.51. The van der Waals surface area contributed by atoms with Gasteiger partial charge in [-0.2, -0.15) is 5.10 Å². The highest BCUT2D eigenvalue weighted by molar-refractivity contribution is 5.57. The van der Waals surface area contributed by atoms with E-state index >= 15 is 0 Å². The summed E-state index contributed by atoms with van der Waals surface area (Å²) in [6.07, 6.45) is 7.13. The second-order valence-corrected chi connectivity index (χ2v) is 7.48. The van der Waals surface area contributed by atoms with Crippen LogP contribution in [0.25, 0.3) is 11.3 Å². The first-order chi connectivity index (χ1) is 12.3. The maximum Gasteiger partial charge on any atom is 0.109 e. The number of aromatic nitrogens is 4. The SMILES string of the molecule is Cn1cc(-c2cnc3n2C[C@H]2CN(Cc4ccccc4)C[C@@H]2C3)cn1. The normalized spacial score (nSPS) is 22.8. The summed E-state index contributed by atoms with van der Waals surface area (Å²) in [6, 6.07) is 10.8. The molecule has 1 aromatic carbocycles. The molecule has 0 spiro atoms. The maximum absolute atomic E-state index is 4.72. The third-order valence-corrected chi connectivity index (χ3v) is 5.70. The molecule has 0 bridgehead atoms. The van der Waals surface area contributed by atoms with Crippen molar-refractivity contribution in [3.05, 3.63) is 60.3 Å². The Morgan fingerprint density at radius 2 is 1.88 bits per heavy atom. The number of hydrogen-bond acceptors (Lipinski definition) is 3. The Bertz CT molecular complexity index is 879. The van der Waals surface area contributed by atoms with Gasteiger partial charge in [0.25, 0.3) is 0 Å². The van der Waals surface area contributed by atoms with Gasteiger partial charge in [-0.1, -0.05) is 30.3 Å². The second kappa shape index (κ2) is 5.85. The van der Waals surface area contributed by atoms with Crippen molar-refractivity contribution < 1.29 is 0 Å². The molecule has 1 saturated heterocycles. The van der Waals surface area contributed by atoms with Gasteiger partial charge in [-0.15, -0.1) is 0 Å². The molecule has 128 valence electrons. The van der Waals surface area contributed by atoms with Gasteiger partial charge in [0.05, 0.1) is 18.1 Å². The van der Waals surface area contributed by atoms with Gasteiger partial charge >= 0.3 is 0 Å². The summed E-state index contributed by atoms with van der Waals surface area (Å²) < 4.78 is 4.28.